The van der Waals surface area contributed by atoms with Crippen molar-refractivity contribution in [1.29, 1.82) is 0 Å². The van der Waals surface area contributed by atoms with Gasteiger partial charge in [0.15, 0.2) is 0 Å². The van der Waals surface area contributed by atoms with Crippen molar-refractivity contribution in [3.63, 3.8) is 0 Å². The Hall–Kier alpha value is 1.28. The summed E-state index contributed by atoms with van der Waals surface area (Å²) in [6.07, 6.45) is 0. The van der Waals surface area contributed by atoms with Crippen molar-refractivity contribution in [3.05, 3.63) is 5.32 Å². The molecule has 0 radical (unpaired) electrons. The van der Waals surface area contributed by atoms with Crippen molar-refractivity contribution in [2.24, 2.45) is 5.41 Å². The molecule has 0 atom stereocenters. The van der Waals surface area contributed by atoms with Gasteiger partial charge in [-0.2, -0.15) is 0 Å². The van der Waals surface area contributed by atoms with Crippen molar-refractivity contribution in [1.82, 2.24) is 0 Å². The molecule has 0 fully saturated rings. The van der Waals surface area contributed by atoms with Gasteiger partial charge < -0.3 is 10.1 Å². The van der Waals surface area contributed by atoms with E-state index in [2.05, 4.69) is 5.32 Å². The second kappa shape index (κ2) is 5.23. The van der Waals surface area contributed by atoms with Gasteiger partial charge in [0, 0.05) is 5.41 Å². The first-order valence-electron chi connectivity index (χ1n) is 3.90. The van der Waals surface area contributed by atoms with E-state index in [1.807, 2.05) is 41.5 Å². The van der Waals surface area contributed by atoms with Crippen molar-refractivity contribution in [2.45, 2.75) is 47.1 Å². The standard InChI is InChI=1S/C9H19NO.Rb/c1-8(2,3)7(11)10-9(4,5)6;/h1-6H3,(H,10,11);/q;+1/p-1. The van der Waals surface area contributed by atoms with E-state index in [9.17, 15) is 4.79 Å². The van der Waals surface area contributed by atoms with Crippen LogP contribution in [0.1, 0.15) is 41.5 Å². The maximum Gasteiger partial charge on any atom is 1.00 e. The van der Waals surface area contributed by atoms with Gasteiger partial charge in [0.25, 0.3) is 0 Å². The first-order valence-corrected chi connectivity index (χ1v) is 3.90. The molecule has 0 spiro atoms. The second-order valence-corrected chi connectivity index (χ2v) is 4.84. The Bertz CT molecular complexity index is 153. The number of rotatable bonds is 0. The molecule has 12 heavy (non-hydrogen) atoms. The van der Waals surface area contributed by atoms with E-state index in [1.54, 1.807) is 0 Å². The van der Waals surface area contributed by atoms with Gasteiger partial charge in [0.2, 0.25) is 0 Å². The van der Waals surface area contributed by atoms with Crippen LogP contribution in [0.5, 0.6) is 0 Å². The Balaban J connectivity index is 0. The van der Waals surface area contributed by atoms with Crippen LogP contribution in [0.15, 0.2) is 0 Å². The van der Waals surface area contributed by atoms with Crippen LogP contribution in [-0.2, 0) is 4.79 Å². The fourth-order valence-corrected chi connectivity index (χ4v) is 0.472. The topological polar surface area (TPSA) is 31.2 Å². The maximum absolute atomic E-state index is 11.3. The number of carbonyl (C=O) groups is 1. The molecule has 1 amide bonds. The molecule has 0 aliphatic heterocycles. The summed E-state index contributed by atoms with van der Waals surface area (Å²) in [4.78, 5) is 11.3. The molecule has 0 aromatic heterocycles. The minimum Gasteiger partial charge on any atom is -0.648 e. The van der Waals surface area contributed by atoms with Crippen molar-refractivity contribution < 1.29 is 63.0 Å². The largest absolute Gasteiger partial charge is 1.00 e. The first kappa shape index (κ1) is 15.7. The molecule has 2 nitrogen and oxygen atoms in total. The molecule has 0 aromatic rings. The molecule has 66 valence electrons. The Kier molecular flexibility index (Phi) is 6.86. The zero-order valence-electron chi connectivity index (χ0n) is 9.36. The predicted octanol–water partition coefficient (Wildman–Crippen LogP) is -0.265. The maximum atomic E-state index is 11.3. The van der Waals surface area contributed by atoms with Gasteiger partial charge in [0.1, 0.15) is 0 Å². The molecule has 0 rings (SSSR count). The van der Waals surface area contributed by atoms with E-state index in [4.69, 9.17) is 0 Å². The number of hydrogen-bond donors (Lipinski definition) is 0. The Morgan fingerprint density at radius 3 is 1.42 bits per heavy atom. The van der Waals surface area contributed by atoms with Crippen LogP contribution >= 0.6 is 0 Å². The van der Waals surface area contributed by atoms with Crippen molar-refractivity contribution >= 4 is 5.91 Å². The summed E-state index contributed by atoms with van der Waals surface area (Å²) >= 11 is 0. The summed E-state index contributed by atoms with van der Waals surface area (Å²) in [5.41, 5.74) is -0.586. The minimum absolute atomic E-state index is 0. The zero-order valence-corrected chi connectivity index (χ0v) is 14.3. The van der Waals surface area contributed by atoms with Crippen LogP contribution in [0, 0.1) is 5.41 Å². The molecular weight excluding hydrogens is 224 g/mol. The van der Waals surface area contributed by atoms with E-state index < -0.39 is 0 Å². The molecule has 0 aliphatic carbocycles. The van der Waals surface area contributed by atoms with E-state index in [0.717, 1.165) is 0 Å². The summed E-state index contributed by atoms with van der Waals surface area (Å²) in [5, 5.41) is 4.04. The van der Waals surface area contributed by atoms with Gasteiger partial charge in [-0.25, -0.2) is 0 Å². The molecule has 0 aromatic carbocycles. The number of carbonyl (C=O) groups excluding carboxylic acids is 1. The molecule has 3 heteroatoms. The Labute approximate surface area is 125 Å². The number of hydrogen-bond acceptors (Lipinski definition) is 1. The fraction of sp³-hybridized carbons (Fsp3) is 0.889. The number of amides is 1. The number of nitrogens with zero attached hydrogens (tertiary/aromatic N) is 1. The van der Waals surface area contributed by atoms with E-state index in [0.29, 0.717) is 0 Å². The van der Waals surface area contributed by atoms with E-state index in [1.165, 1.54) is 0 Å². The second-order valence-electron chi connectivity index (χ2n) is 4.84. The third-order valence-corrected chi connectivity index (χ3v) is 1.08. The predicted molar refractivity (Wildman–Crippen MR) is 47.6 cm³/mol. The monoisotopic (exact) mass is 241 g/mol. The quantitative estimate of drug-likeness (QED) is 0.575. The zero-order chi connectivity index (χ0) is 9.28. The molecule has 0 saturated carbocycles. The van der Waals surface area contributed by atoms with Crippen LogP contribution in [0.2, 0.25) is 0 Å². The molecule has 0 bridgehead atoms. The SMILES string of the molecule is CC(C)(C)[N-]C(=O)C(C)(C)C.[Rb+]. The van der Waals surface area contributed by atoms with E-state index >= 15 is 0 Å². The minimum atomic E-state index is -0.340. The van der Waals surface area contributed by atoms with Gasteiger partial charge in [-0.15, -0.1) is 5.54 Å². The summed E-state index contributed by atoms with van der Waals surface area (Å²) in [7, 11) is 0. The van der Waals surface area contributed by atoms with Crippen LogP contribution in [-0.4, -0.2) is 11.4 Å². The molecule has 0 aliphatic rings. The summed E-state index contributed by atoms with van der Waals surface area (Å²) in [6, 6.07) is 0. The summed E-state index contributed by atoms with van der Waals surface area (Å²) < 4.78 is 0. The fourth-order valence-electron chi connectivity index (χ4n) is 0.472. The third-order valence-electron chi connectivity index (χ3n) is 1.08. The van der Waals surface area contributed by atoms with Crippen molar-refractivity contribution in [3.8, 4) is 0 Å². The average molecular weight is 242 g/mol. The molecule has 0 unspecified atom stereocenters. The van der Waals surface area contributed by atoms with Gasteiger partial charge in [-0.3, -0.25) is 0 Å². The Morgan fingerprint density at radius 1 is 1.00 bits per heavy atom. The Morgan fingerprint density at radius 2 is 1.33 bits per heavy atom. The summed E-state index contributed by atoms with van der Waals surface area (Å²) in [5.74, 6) is -0.0231. The first-order chi connectivity index (χ1) is 4.63. The van der Waals surface area contributed by atoms with Gasteiger partial charge in [0.05, 0.1) is 5.91 Å². The van der Waals surface area contributed by atoms with Crippen LogP contribution in [0.25, 0.3) is 5.32 Å². The van der Waals surface area contributed by atoms with Crippen LogP contribution < -0.4 is 58.2 Å². The smallest absolute Gasteiger partial charge is 0.648 e. The molecule has 0 saturated heterocycles. The van der Waals surface area contributed by atoms with E-state index in [-0.39, 0.29) is 75.0 Å². The van der Waals surface area contributed by atoms with Crippen LogP contribution in [0.4, 0.5) is 0 Å². The van der Waals surface area contributed by atoms with Crippen LogP contribution in [0.3, 0.4) is 0 Å². The van der Waals surface area contributed by atoms with Crippen molar-refractivity contribution in [2.75, 3.05) is 0 Å². The summed E-state index contributed by atoms with van der Waals surface area (Å²) in [6.45, 7) is 11.4. The average Bonchev–Trinajstić information content (AvgIpc) is 1.56. The van der Waals surface area contributed by atoms with Gasteiger partial charge in [-0.1, -0.05) is 41.5 Å². The molecule has 0 N–H and O–H groups in total. The normalized spacial score (nSPS) is 11.8. The molecular formula is C9H18NORb. The third kappa shape index (κ3) is 7.90. The van der Waals surface area contributed by atoms with Gasteiger partial charge >= 0.3 is 58.2 Å². The molecule has 0 heterocycles. The van der Waals surface area contributed by atoms with Gasteiger partial charge in [-0.05, 0) is 0 Å².